The third-order valence-electron chi connectivity index (χ3n) is 4.95. The fourth-order valence-corrected chi connectivity index (χ4v) is 2.86. The van der Waals surface area contributed by atoms with E-state index in [0.717, 1.165) is 0 Å². The summed E-state index contributed by atoms with van der Waals surface area (Å²) >= 11 is 0. The highest BCUT2D eigenvalue weighted by Crippen LogP contribution is 2.32. The first kappa shape index (κ1) is 29.5. The zero-order chi connectivity index (χ0) is 28.6. The first-order valence-corrected chi connectivity index (χ1v) is 11.5. The standard InChI is InChI=1S/C30H30O8/c1-17(2)27(31)35-15-22-10-9-21(11-24(22)16-36-28(32)18(3)4)23-12-25(37-29(33)19(5)6)14-26(13-23)38-30(34)20(7)8/h9-14H,1,3,5,7,15-16H2,2,4,6,8H3. The lowest BCUT2D eigenvalue weighted by Crippen LogP contribution is -2.11. The number of rotatable bonds is 11. The molecule has 2 aromatic rings. The Morgan fingerprint density at radius 3 is 1.39 bits per heavy atom. The molecule has 0 fully saturated rings. The van der Waals surface area contributed by atoms with Crippen molar-refractivity contribution in [3.05, 3.63) is 96.1 Å². The van der Waals surface area contributed by atoms with Crippen molar-refractivity contribution in [1.82, 2.24) is 0 Å². The molecule has 0 saturated carbocycles. The van der Waals surface area contributed by atoms with Gasteiger partial charge in [0.2, 0.25) is 0 Å². The second kappa shape index (κ2) is 13.0. The van der Waals surface area contributed by atoms with Gasteiger partial charge in [0.15, 0.2) is 0 Å². The largest absolute Gasteiger partial charge is 0.457 e. The monoisotopic (exact) mass is 518 g/mol. The Bertz CT molecular complexity index is 1300. The molecule has 0 radical (unpaired) electrons. The summed E-state index contributed by atoms with van der Waals surface area (Å²) < 4.78 is 21.3. The van der Waals surface area contributed by atoms with E-state index >= 15 is 0 Å². The second-order valence-corrected chi connectivity index (χ2v) is 8.73. The third kappa shape index (κ3) is 8.44. The summed E-state index contributed by atoms with van der Waals surface area (Å²) in [5, 5.41) is 0. The molecule has 198 valence electrons. The highest BCUT2D eigenvalue weighted by Gasteiger charge is 2.16. The van der Waals surface area contributed by atoms with Crippen molar-refractivity contribution in [2.45, 2.75) is 40.9 Å². The van der Waals surface area contributed by atoms with Gasteiger partial charge >= 0.3 is 23.9 Å². The van der Waals surface area contributed by atoms with Crippen LogP contribution in [-0.4, -0.2) is 23.9 Å². The van der Waals surface area contributed by atoms with Gasteiger partial charge in [-0.25, -0.2) is 19.2 Å². The topological polar surface area (TPSA) is 105 Å². The first-order valence-electron chi connectivity index (χ1n) is 11.5. The molecule has 0 N–H and O–H groups in total. The Morgan fingerprint density at radius 2 is 0.974 bits per heavy atom. The van der Waals surface area contributed by atoms with Gasteiger partial charge in [-0.1, -0.05) is 38.4 Å². The number of esters is 4. The molecule has 0 aliphatic carbocycles. The Morgan fingerprint density at radius 1 is 0.553 bits per heavy atom. The summed E-state index contributed by atoms with van der Waals surface area (Å²) in [6.07, 6.45) is 0. The molecule has 38 heavy (non-hydrogen) atoms. The SMILES string of the molecule is C=C(C)C(=O)OCc1ccc(-c2cc(OC(=O)C(=C)C)cc(OC(=O)C(=C)C)c2)cc1COC(=O)C(=C)C. The number of ether oxygens (including phenoxy) is 4. The maximum absolute atomic E-state index is 12.1. The fourth-order valence-electron chi connectivity index (χ4n) is 2.86. The van der Waals surface area contributed by atoms with Crippen LogP contribution in [-0.2, 0) is 41.9 Å². The predicted molar refractivity (Wildman–Crippen MR) is 142 cm³/mol. The summed E-state index contributed by atoms with van der Waals surface area (Å²) in [5.74, 6) is -2.20. The molecule has 0 amide bonds. The highest BCUT2D eigenvalue weighted by atomic mass is 16.6. The number of benzene rings is 2. The van der Waals surface area contributed by atoms with E-state index in [0.29, 0.717) is 22.3 Å². The molecule has 0 bridgehead atoms. The van der Waals surface area contributed by atoms with Crippen molar-refractivity contribution in [3.63, 3.8) is 0 Å². The maximum Gasteiger partial charge on any atom is 0.338 e. The number of hydrogen-bond acceptors (Lipinski definition) is 8. The van der Waals surface area contributed by atoms with Gasteiger partial charge in [-0.2, -0.15) is 0 Å². The van der Waals surface area contributed by atoms with E-state index in [9.17, 15) is 19.2 Å². The Hall–Kier alpha value is -4.72. The normalized spacial score (nSPS) is 10.1. The average molecular weight is 519 g/mol. The second-order valence-electron chi connectivity index (χ2n) is 8.73. The number of carbonyl (C=O) groups excluding carboxylic acids is 4. The van der Waals surface area contributed by atoms with Crippen LogP contribution in [0.3, 0.4) is 0 Å². The Labute approximate surface area is 221 Å². The molecule has 0 aliphatic rings. The molecule has 0 heterocycles. The highest BCUT2D eigenvalue weighted by molar-refractivity contribution is 5.90. The first-order chi connectivity index (χ1) is 17.8. The Kier molecular flexibility index (Phi) is 10.1. The van der Waals surface area contributed by atoms with Crippen molar-refractivity contribution in [3.8, 4) is 22.6 Å². The lowest BCUT2D eigenvalue weighted by molar-refractivity contribution is -0.141. The van der Waals surface area contributed by atoms with Gasteiger partial charge in [0.05, 0.1) is 0 Å². The molecule has 8 heteroatoms. The van der Waals surface area contributed by atoms with E-state index in [-0.39, 0.29) is 47.0 Å². The molecule has 0 aromatic heterocycles. The van der Waals surface area contributed by atoms with Crippen molar-refractivity contribution < 1.29 is 38.1 Å². The Balaban J connectivity index is 2.54. The summed E-state index contributed by atoms with van der Waals surface area (Å²) in [6.45, 7) is 20.2. The van der Waals surface area contributed by atoms with E-state index in [4.69, 9.17) is 18.9 Å². The van der Waals surface area contributed by atoms with Crippen LogP contribution in [0, 0.1) is 0 Å². The lowest BCUT2D eigenvalue weighted by Gasteiger charge is -2.15. The van der Waals surface area contributed by atoms with Crippen LogP contribution in [0.5, 0.6) is 11.5 Å². The summed E-state index contributed by atoms with van der Waals surface area (Å²) in [6, 6.07) is 9.72. The third-order valence-corrected chi connectivity index (χ3v) is 4.95. The fraction of sp³-hybridized carbons (Fsp3) is 0.200. The van der Waals surface area contributed by atoms with Crippen molar-refractivity contribution >= 4 is 23.9 Å². The van der Waals surface area contributed by atoms with Crippen LogP contribution in [0.25, 0.3) is 11.1 Å². The van der Waals surface area contributed by atoms with Crippen LogP contribution < -0.4 is 9.47 Å². The van der Waals surface area contributed by atoms with Gasteiger partial charge in [0.25, 0.3) is 0 Å². The van der Waals surface area contributed by atoms with E-state index in [1.54, 1.807) is 30.3 Å². The number of hydrogen-bond donors (Lipinski definition) is 0. The van der Waals surface area contributed by atoms with E-state index in [2.05, 4.69) is 26.3 Å². The van der Waals surface area contributed by atoms with Gasteiger partial charge in [-0.3, -0.25) is 0 Å². The van der Waals surface area contributed by atoms with Crippen molar-refractivity contribution in [1.29, 1.82) is 0 Å². The number of carbonyl (C=O) groups is 4. The molecule has 0 saturated heterocycles. The minimum atomic E-state index is -0.651. The average Bonchev–Trinajstić information content (AvgIpc) is 2.85. The van der Waals surface area contributed by atoms with Crippen LogP contribution in [0.2, 0.25) is 0 Å². The van der Waals surface area contributed by atoms with Crippen LogP contribution >= 0.6 is 0 Å². The van der Waals surface area contributed by atoms with Gasteiger partial charge in [-0.15, -0.1) is 0 Å². The summed E-state index contributed by atoms with van der Waals surface area (Å²) in [7, 11) is 0. The zero-order valence-electron chi connectivity index (χ0n) is 22.0. The van der Waals surface area contributed by atoms with Gasteiger partial charge in [-0.05, 0) is 68.1 Å². The van der Waals surface area contributed by atoms with Gasteiger partial charge < -0.3 is 18.9 Å². The molecule has 0 unspecified atom stereocenters. The van der Waals surface area contributed by atoms with Crippen LogP contribution in [0.1, 0.15) is 38.8 Å². The zero-order valence-corrected chi connectivity index (χ0v) is 22.0. The molecular weight excluding hydrogens is 488 g/mol. The molecule has 2 aromatic carbocycles. The minimum Gasteiger partial charge on any atom is -0.457 e. The van der Waals surface area contributed by atoms with E-state index < -0.39 is 23.9 Å². The smallest absolute Gasteiger partial charge is 0.338 e. The summed E-state index contributed by atoms with van der Waals surface area (Å²) in [4.78, 5) is 48.2. The molecule has 2 rings (SSSR count). The maximum atomic E-state index is 12.1. The molecule has 0 aliphatic heterocycles. The van der Waals surface area contributed by atoms with E-state index in [1.807, 2.05) is 0 Å². The van der Waals surface area contributed by atoms with Crippen molar-refractivity contribution in [2.75, 3.05) is 0 Å². The van der Waals surface area contributed by atoms with Crippen LogP contribution in [0.15, 0.2) is 85.0 Å². The lowest BCUT2D eigenvalue weighted by atomic mass is 9.99. The summed E-state index contributed by atoms with van der Waals surface area (Å²) in [5.41, 5.74) is 3.13. The van der Waals surface area contributed by atoms with Gasteiger partial charge in [0, 0.05) is 28.4 Å². The minimum absolute atomic E-state index is 0.0797. The van der Waals surface area contributed by atoms with Gasteiger partial charge in [0.1, 0.15) is 24.7 Å². The molecular formula is C30H30O8. The van der Waals surface area contributed by atoms with E-state index in [1.165, 1.54) is 33.8 Å². The predicted octanol–water partition coefficient (Wildman–Crippen LogP) is 5.56. The van der Waals surface area contributed by atoms with Crippen molar-refractivity contribution in [2.24, 2.45) is 0 Å². The molecule has 0 spiro atoms. The quantitative estimate of drug-likeness (QED) is 0.216. The molecule has 8 nitrogen and oxygen atoms in total. The van der Waals surface area contributed by atoms with Crippen LogP contribution in [0.4, 0.5) is 0 Å². The molecule has 0 atom stereocenters.